The summed E-state index contributed by atoms with van der Waals surface area (Å²) in [7, 11) is 0. The topological polar surface area (TPSA) is 89.5 Å². The molecule has 0 bridgehead atoms. The number of esters is 2. The van der Waals surface area contributed by atoms with Gasteiger partial charge in [0.25, 0.3) is 0 Å². The van der Waals surface area contributed by atoms with E-state index in [1.165, 1.54) is 13.8 Å². The number of allylic oxidation sites excluding steroid dienone is 1. The number of fused-ring (bicyclic) bond motifs is 1. The summed E-state index contributed by atoms with van der Waals surface area (Å²) < 4.78 is 34.8. The quantitative estimate of drug-likeness (QED) is 0.360. The predicted octanol–water partition coefficient (Wildman–Crippen LogP) is 2.67. The molecule has 0 aliphatic carbocycles. The van der Waals surface area contributed by atoms with Crippen molar-refractivity contribution in [2.24, 2.45) is 0 Å². The molecule has 0 unspecified atom stereocenters. The Kier molecular flexibility index (Phi) is 7.98. The van der Waals surface area contributed by atoms with Gasteiger partial charge in [-0.15, -0.1) is 6.58 Å². The van der Waals surface area contributed by atoms with E-state index in [9.17, 15) is 9.59 Å². The van der Waals surface area contributed by atoms with Crippen LogP contribution in [0, 0.1) is 0 Å². The molecule has 2 aliphatic rings. The zero-order valence-electron chi connectivity index (χ0n) is 17.2. The van der Waals surface area contributed by atoms with Crippen molar-refractivity contribution < 1.29 is 38.0 Å². The molecule has 0 N–H and O–H groups in total. The summed E-state index contributed by atoms with van der Waals surface area (Å²) in [5.74, 6) is -1.06. The van der Waals surface area contributed by atoms with Crippen LogP contribution in [0.15, 0.2) is 43.0 Å². The van der Waals surface area contributed by atoms with E-state index in [1.54, 1.807) is 6.08 Å². The lowest BCUT2D eigenvalue weighted by Gasteiger charge is -2.48. The average molecular weight is 420 g/mol. The van der Waals surface area contributed by atoms with E-state index in [1.807, 2.05) is 30.3 Å². The molecule has 0 saturated carbocycles. The second-order valence-corrected chi connectivity index (χ2v) is 7.17. The summed E-state index contributed by atoms with van der Waals surface area (Å²) in [4.78, 5) is 23.6. The van der Waals surface area contributed by atoms with Gasteiger partial charge in [0.05, 0.1) is 13.2 Å². The van der Waals surface area contributed by atoms with Crippen molar-refractivity contribution in [2.75, 3.05) is 13.2 Å². The first-order valence-electron chi connectivity index (χ1n) is 10.0. The Bertz CT molecular complexity index is 721. The first-order chi connectivity index (χ1) is 14.5. The van der Waals surface area contributed by atoms with Crippen molar-refractivity contribution in [1.82, 2.24) is 0 Å². The standard InChI is InChI=1S/C22H28O8/c1-4-5-9-12-25-22-20(28-15(3)24)19(27-14(2)23)18-17(29-22)13-26-21(30-18)16-10-7-6-8-11-16/h4,6-8,10-11,17-22H,1,5,9,12-13H2,2-3H3/t17-,18-,19+,20-,21-,22+/m1/s1. The summed E-state index contributed by atoms with van der Waals surface area (Å²) >= 11 is 0. The van der Waals surface area contributed by atoms with Gasteiger partial charge in [-0.1, -0.05) is 36.4 Å². The van der Waals surface area contributed by atoms with Gasteiger partial charge in [0.2, 0.25) is 0 Å². The highest BCUT2D eigenvalue weighted by atomic mass is 16.8. The third-order valence-electron chi connectivity index (χ3n) is 4.79. The summed E-state index contributed by atoms with van der Waals surface area (Å²) in [5.41, 5.74) is 0.823. The summed E-state index contributed by atoms with van der Waals surface area (Å²) in [6.07, 6.45) is -1.38. The summed E-state index contributed by atoms with van der Waals surface area (Å²) in [6, 6.07) is 9.41. The van der Waals surface area contributed by atoms with Crippen LogP contribution >= 0.6 is 0 Å². The lowest BCUT2D eigenvalue weighted by atomic mass is 9.97. The molecule has 164 valence electrons. The molecule has 2 saturated heterocycles. The van der Waals surface area contributed by atoms with Crippen LogP contribution in [-0.4, -0.2) is 55.9 Å². The number of rotatable bonds is 8. The second-order valence-electron chi connectivity index (χ2n) is 7.17. The van der Waals surface area contributed by atoms with Crippen LogP contribution in [0.1, 0.15) is 38.5 Å². The molecule has 1 aromatic rings. The van der Waals surface area contributed by atoms with Crippen molar-refractivity contribution in [3.63, 3.8) is 0 Å². The number of hydrogen-bond acceptors (Lipinski definition) is 8. The van der Waals surface area contributed by atoms with E-state index in [4.69, 9.17) is 28.4 Å². The fourth-order valence-electron chi connectivity index (χ4n) is 3.53. The van der Waals surface area contributed by atoms with Crippen LogP contribution < -0.4 is 0 Å². The molecule has 30 heavy (non-hydrogen) atoms. The van der Waals surface area contributed by atoms with Gasteiger partial charge in [-0.2, -0.15) is 0 Å². The maximum Gasteiger partial charge on any atom is 0.303 e. The lowest BCUT2D eigenvalue weighted by molar-refractivity contribution is -0.362. The van der Waals surface area contributed by atoms with Crippen LogP contribution in [0.25, 0.3) is 0 Å². The van der Waals surface area contributed by atoms with Crippen LogP contribution in [0.2, 0.25) is 0 Å². The van der Waals surface area contributed by atoms with Gasteiger partial charge in [0.1, 0.15) is 12.2 Å². The molecule has 8 heteroatoms. The van der Waals surface area contributed by atoms with Crippen molar-refractivity contribution in [3.8, 4) is 0 Å². The molecule has 2 heterocycles. The third-order valence-corrected chi connectivity index (χ3v) is 4.79. The molecule has 0 radical (unpaired) electrons. The van der Waals surface area contributed by atoms with Gasteiger partial charge < -0.3 is 28.4 Å². The SMILES string of the molecule is C=CCCCO[C@H]1O[C@@H]2CO[C@@H](c3ccccc3)O[C@H]2[C@H](OC(C)=O)[C@H]1OC(C)=O. The molecule has 0 spiro atoms. The van der Waals surface area contributed by atoms with Crippen molar-refractivity contribution in [2.45, 2.75) is 63.7 Å². The molecule has 3 rings (SSSR count). The maximum absolute atomic E-state index is 11.8. The smallest absolute Gasteiger partial charge is 0.303 e. The molecule has 1 aromatic carbocycles. The fourth-order valence-corrected chi connectivity index (χ4v) is 3.53. The average Bonchev–Trinajstić information content (AvgIpc) is 2.73. The molecule has 2 fully saturated rings. The van der Waals surface area contributed by atoms with E-state index in [0.29, 0.717) is 6.61 Å². The maximum atomic E-state index is 11.8. The second kappa shape index (κ2) is 10.7. The first-order valence-corrected chi connectivity index (χ1v) is 10.0. The van der Waals surface area contributed by atoms with Gasteiger partial charge in [-0.3, -0.25) is 9.59 Å². The predicted molar refractivity (Wildman–Crippen MR) is 105 cm³/mol. The Balaban J connectivity index is 1.81. The van der Waals surface area contributed by atoms with E-state index in [-0.39, 0.29) is 6.61 Å². The number of carbonyl (C=O) groups is 2. The third kappa shape index (κ3) is 5.66. The van der Waals surface area contributed by atoms with Crippen molar-refractivity contribution >= 4 is 11.9 Å². The first kappa shape index (κ1) is 22.4. The van der Waals surface area contributed by atoms with Gasteiger partial charge in [0.15, 0.2) is 24.8 Å². The van der Waals surface area contributed by atoms with Gasteiger partial charge >= 0.3 is 11.9 Å². The van der Waals surface area contributed by atoms with Crippen LogP contribution in [0.3, 0.4) is 0 Å². The Morgan fingerprint density at radius 1 is 1.10 bits per heavy atom. The number of ether oxygens (including phenoxy) is 6. The minimum Gasteiger partial charge on any atom is -0.455 e. The molecule has 8 nitrogen and oxygen atoms in total. The van der Waals surface area contributed by atoms with E-state index in [2.05, 4.69) is 6.58 Å². The molecule has 2 aliphatic heterocycles. The largest absolute Gasteiger partial charge is 0.455 e. The van der Waals surface area contributed by atoms with Crippen molar-refractivity contribution in [1.29, 1.82) is 0 Å². The van der Waals surface area contributed by atoms with Gasteiger partial charge in [-0.25, -0.2) is 0 Å². The number of hydrogen-bond donors (Lipinski definition) is 0. The van der Waals surface area contributed by atoms with Crippen LogP contribution in [0.5, 0.6) is 0 Å². The minimum absolute atomic E-state index is 0.210. The minimum atomic E-state index is -0.967. The molecule has 0 amide bonds. The molecule has 6 atom stereocenters. The zero-order chi connectivity index (χ0) is 21.5. The summed E-state index contributed by atoms with van der Waals surface area (Å²) in [6.45, 7) is 6.84. The fraction of sp³-hybridized carbons (Fsp3) is 0.545. The van der Waals surface area contributed by atoms with Crippen LogP contribution in [0.4, 0.5) is 0 Å². The Morgan fingerprint density at radius 3 is 2.47 bits per heavy atom. The van der Waals surface area contributed by atoms with Gasteiger partial charge in [0, 0.05) is 19.4 Å². The monoisotopic (exact) mass is 420 g/mol. The molecular weight excluding hydrogens is 392 g/mol. The lowest BCUT2D eigenvalue weighted by Crippen LogP contribution is -2.64. The highest BCUT2D eigenvalue weighted by Crippen LogP contribution is 2.36. The molecular formula is C22H28O8. The highest BCUT2D eigenvalue weighted by Gasteiger charge is 2.53. The van der Waals surface area contributed by atoms with E-state index in [0.717, 1.165) is 18.4 Å². The van der Waals surface area contributed by atoms with E-state index >= 15 is 0 Å². The Hall–Kier alpha value is -2.26. The highest BCUT2D eigenvalue weighted by molar-refractivity contribution is 5.67. The van der Waals surface area contributed by atoms with Crippen LogP contribution in [-0.2, 0) is 38.0 Å². The normalized spacial score (nSPS) is 30.7. The zero-order valence-corrected chi connectivity index (χ0v) is 17.2. The van der Waals surface area contributed by atoms with Crippen molar-refractivity contribution in [3.05, 3.63) is 48.6 Å². The Labute approximate surface area is 176 Å². The van der Waals surface area contributed by atoms with Gasteiger partial charge in [-0.05, 0) is 12.8 Å². The molecule has 0 aromatic heterocycles. The number of carbonyl (C=O) groups excluding carboxylic acids is 2. The number of unbranched alkanes of at least 4 members (excludes halogenated alkanes) is 1. The number of benzene rings is 1. The van der Waals surface area contributed by atoms with E-state index < -0.39 is 48.9 Å². The Morgan fingerprint density at radius 2 is 1.80 bits per heavy atom. The summed E-state index contributed by atoms with van der Waals surface area (Å²) in [5, 5.41) is 0.